The van der Waals surface area contributed by atoms with Gasteiger partial charge in [0.05, 0.1) is 0 Å². The summed E-state index contributed by atoms with van der Waals surface area (Å²) in [5.74, 6) is 0. The zero-order chi connectivity index (χ0) is 11.4. The van der Waals surface area contributed by atoms with Crippen molar-refractivity contribution in [2.75, 3.05) is 0 Å². The van der Waals surface area contributed by atoms with Crippen LogP contribution in [0.4, 0.5) is 0 Å². The van der Waals surface area contributed by atoms with Crippen LogP contribution in [0, 0.1) is 0 Å². The lowest BCUT2D eigenvalue weighted by atomic mass is 9.97. The molecule has 1 aromatic rings. The van der Waals surface area contributed by atoms with E-state index in [0.29, 0.717) is 0 Å². The van der Waals surface area contributed by atoms with E-state index in [1.54, 1.807) is 0 Å². The van der Waals surface area contributed by atoms with Gasteiger partial charge in [0.1, 0.15) is 0 Å². The molecule has 1 aromatic carbocycles. The number of allylic oxidation sites excluding steroid dienone is 2. The van der Waals surface area contributed by atoms with Crippen molar-refractivity contribution in [2.24, 2.45) is 0 Å². The Kier molecular flexibility index (Phi) is 3.46. The first-order valence-electron chi connectivity index (χ1n) is 4.84. The van der Waals surface area contributed by atoms with Crippen molar-refractivity contribution in [3.63, 3.8) is 0 Å². The van der Waals surface area contributed by atoms with Gasteiger partial charge in [-0.15, -0.1) is 0 Å². The van der Waals surface area contributed by atoms with Crippen molar-refractivity contribution in [3.8, 4) is 0 Å². The average Bonchev–Trinajstić information content (AvgIpc) is 2.26. The summed E-state index contributed by atoms with van der Waals surface area (Å²) in [6, 6.07) is 6.11. The lowest BCUT2D eigenvalue weighted by Crippen LogP contribution is -1.87. The van der Waals surface area contributed by atoms with Crippen molar-refractivity contribution < 1.29 is 0 Å². The van der Waals surface area contributed by atoms with Gasteiger partial charge in [0.25, 0.3) is 0 Å². The maximum atomic E-state index is 4.00. The average molecular weight is 196 g/mol. The largest absolute Gasteiger partial charge is 0.0984 e. The topological polar surface area (TPSA) is 0 Å². The maximum Gasteiger partial charge on any atom is -0.0181 e. The van der Waals surface area contributed by atoms with Crippen LogP contribution in [0.15, 0.2) is 50.1 Å². The lowest BCUT2D eigenvalue weighted by molar-refractivity contribution is 1.50. The Morgan fingerprint density at radius 2 is 1.67 bits per heavy atom. The molecule has 0 fully saturated rings. The minimum absolute atomic E-state index is 0.966. The van der Waals surface area contributed by atoms with E-state index in [1.165, 1.54) is 0 Å². The molecule has 0 aliphatic rings. The molecule has 0 aliphatic carbocycles. The van der Waals surface area contributed by atoms with Gasteiger partial charge in [-0.05, 0) is 35.3 Å². The Morgan fingerprint density at radius 3 is 2.13 bits per heavy atom. The second kappa shape index (κ2) is 4.61. The van der Waals surface area contributed by atoms with E-state index in [0.717, 1.165) is 27.8 Å². The predicted octanol–water partition coefficient (Wildman–Crippen LogP) is 4.56. The third-order valence-corrected chi connectivity index (χ3v) is 2.39. The maximum absolute atomic E-state index is 4.00. The number of hydrogen-bond acceptors (Lipinski definition) is 0. The van der Waals surface area contributed by atoms with E-state index in [2.05, 4.69) is 32.4 Å². The molecule has 76 valence electrons. The zero-order valence-electron chi connectivity index (χ0n) is 9.22. The highest BCUT2D eigenvalue weighted by molar-refractivity contribution is 5.78. The molecule has 0 spiro atoms. The van der Waals surface area contributed by atoms with Gasteiger partial charge in [0, 0.05) is 0 Å². The fraction of sp³-hybridized carbons (Fsp3) is 0.0667. The molecule has 0 nitrogen and oxygen atoms in total. The van der Waals surface area contributed by atoms with Gasteiger partial charge in [-0.25, -0.2) is 0 Å². The van der Waals surface area contributed by atoms with Crippen LogP contribution >= 0.6 is 0 Å². The summed E-state index contributed by atoms with van der Waals surface area (Å²) in [4.78, 5) is 0. The quantitative estimate of drug-likeness (QED) is 0.619. The Morgan fingerprint density at radius 1 is 1.07 bits per heavy atom. The van der Waals surface area contributed by atoms with E-state index in [4.69, 9.17) is 0 Å². The first-order valence-corrected chi connectivity index (χ1v) is 4.84. The van der Waals surface area contributed by atoms with Crippen molar-refractivity contribution in [1.82, 2.24) is 0 Å². The fourth-order valence-electron chi connectivity index (χ4n) is 1.37. The highest BCUT2D eigenvalue weighted by atomic mass is 14.1. The summed E-state index contributed by atoms with van der Waals surface area (Å²) in [5.41, 5.74) is 5.20. The summed E-state index contributed by atoms with van der Waals surface area (Å²) in [5, 5.41) is 0. The van der Waals surface area contributed by atoms with Crippen LogP contribution in [0.1, 0.15) is 23.6 Å². The predicted molar refractivity (Wildman–Crippen MR) is 70.5 cm³/mol. The molecule has 0 aliphatic heterocycles. The molecule has 0 bridgehead atoms. The van der Waals surface area contributed by atoms with Crippen molar-refractivity contribution in [2.45, 2.75) is 6.92 Å². The lowest BCUT2D eigenvalue weighted by Gasteiger charge is -2.08. The number of hydrogen-bond donors (Lipinski definition) is 0. The van der Waals surface area contributed by atoms with E-state index < -0.39 is 0 Å². The molecular weight excluding hydrogens is 180 g/mol. The van der Waals surface area contributed by atoms with Crippen LogP contribution in [0.3, 0.4) is 0 Å². The highest BCUT2D eigenvalue weighted by Crippen LogP contribution is 2.23. The Bertz CT molecular complexity index is 433. The number of benzene rings is 1. The molecule has 0 unspecified atom stereocenters. The smallest absolute Gasteiger partial charge is 0.0181 e. The summed E-state index contributed by atoms with van der Waals surface area (Å²) in [7, 11) is 0. The van der Waals surface area contributed by atoms with Crippen LogP contribution in [-0.4, -0.2) is 0 Å². The van der Waals surface area contributed by atoms with Crippen LogP contribution < -0.4 is 0 Å². The van der Waals surface area contributed by atoms with Crippen LogP contribution in [-0.2, 0) is 0 Å². The molecule has 0 heterocycles. The fourth-order valence-corrected chi connectivity index (χ4v) is 1.37. The normalized spacial score (nSPS) is 9.40. The van der Waals surface area contributed by atoms with Gasteiger partial charge >= 0.3 is 0 Å². The molecule has 0 saturated carbocycles. The third-order valence-electron chi connectivity index (χ3n) is 2.39. The van der Waals surface area contributed by atoms with Gasteiger partial charge < -0.3 is 0 Å². The molecule has 0 heteroatoms. The van der Waals surface area contributed by atoms with Crippen LogP contribution in [0.5, 0.6) is 0 Å². The van der Waals surface area contributed by atoms with Gasteiger partial charge in [0.15, 0.2) is 0 Å². The summed E-state index contributed by atoms with van der Waals surface area (Å²) in [6.45, 7) is 17.4. The van der Waals surface area contributed by atoms with Crippen molar-refractivity contribution >= 4 is 17.7 Å². The molecule has 0 atom stereocenters. The van der Waals surface area contributed by atoms with E-state index in [9.17, 15) is 0 Å². The highest BCUT2D eigenvalue weighted by Gasteiger charge is 2.02. The minimum Gasteiger partial charge on any atom is -0.0984 e. The standard InChI is InChI=1S/C15H16/c1-6-13-8-9-15(10-14(13)7-2)12(5)11(3)4/h6-10H,1-3,5H2,4H3. The van der Waals surface area contributed by atoms with Crippen LogP contribution in [0.25, 0.3) is 17.7 Å². The molecule has 0 aromatic heterocycles. The van der Waals surface area contributed by atoms with Crippen molar-refractivity contribution in [3.05, 3.63) is 66.8 Å². The molecule has 15 heavy (non-hydrogen) atoms. The SMILES string of the molecule is C=Cc1ccc(C(=C)C(=C)C)cc1C=C. The molecule has 0 saturated heterocycles. The molecule has 0 radical (unpaired) electrons. The summed E-state index contributed by atoms with van der Waals surface area (Å²) < 4.78 is 0. The van der Waals surface area contributed by atoms with Crippen LogP contribution in [0.2, 0.25) is 0 Å². The second-order valence-corrected chi connectivity index (χ2v) is 3.51. The van der Waals surface area contributed by atoms with E-state index in [1.807, 2.05) is 31.2 Å². The number of rotatable bonds is 4. The molecule has 0 amide bonds. The Labute approximate surface area is 92.0 Å². The van der Waals surface area contributed by atoms with Gasteiger partial charge in [-0.3, -0.25) is 0 Å². The van der Waals surface area contributed by atoms with E-state index >= 15 is 0 Å². The second-order valence-electron chi connectivity index (χ2n) is 3.51. The first-order chi connectivity index (χ1) is 7.10. The van der Waals surface area contributed by atoms with Gasteiger partial charge in [-0.1, -0.05) is 56.2 Å². The summed E-state index contributed by atoms with van der Waals surface area (Å²) >= 11 is 0. The zero-order valence-corrected chi connectivity index (χ0v) is 9.22. The first kappa shape index (κ1) is 11.3. The summed E-state index contributed by atoms with van der Waals surface area (Å²) in [6.07, 6.45) is 3.65. The van der Waals surface area contributed by atoms with Gasteiger partial charge in [-0.2, -0.15) is 0 Å². The van der Waals surface area contributed by atoms with E-state index in [-0.39, 0.29) is 0 Å². The molecule has 0 N–H and O–H groups in total. The molecule has 1 rings (SSSR count). The molecular formula is C15H16. The Hall–Kier alpha value is -1.82. The monoisotopic (exact) mass is 196 g/mol. The van der Waals surface area contributed by atoms with Crippen molar-refractivity contribution in [1.29, 1.82) is 0 Å². The third kappa shape index (κ3) is 2.35. The minimum atomic E-state index is 0.966. The Balaban J connectivity index is 3.25. The van der Waals surface area contributed by atoms with Gasteiger partial charge in [0.2, 0.25) is 0 Å².